The number of fused-ring (bicyclic) bond motifs is 3. The number of rotatable bonds is 8. The fourth-order valence-corrected chi connectivity index (χ4v) is 5.27. The van der Waals surface area contributed by atoms with Crippen LogP contribution >= 0.6 is 0 Å². The first-order valence-corrected chi connectivity index (χ1v) is 13.3. The Hall–Kier alpha value is -4.09. The van der Waals surface area contributed by atoms with Gasteiger partial charge in [0.1, 0.15) is 18.0 Å². The number of aliphatic hydroxyl groups is 1. The number of halogens is 3. The molecule has 0 aromatic heterocycles. The van der Waals surface area contributed by atoms with Crippen LogP contribution in [0.3, 0.4) is 0 Å². The van der Waals surface area contributed by atoms with Crippen molar-refractivity contribution in [2.24, 2.45) is 0 Å². The van der Waals surface area contributed by atoms with Crippen molar-refractivity contribution >= 4 is 23.3 Å². The number of anilines is 2. The Labute approximate surface area is 234 Å². The van der Waals surface area contributed by atoms with Crippen LogP contribution in [0.1, 0.15) is 35.4 Å². The van der Waals surface area contributed by atoms with Crippen LogP contribution in [-0.4, -0.2) is 48.5 Å². The fraction of sp³-hybridized carbons (Fsp3) is 0.333. The largest absolute Gasteiger partial charge is 0.487 e. The molecule has 1 saturated heterocycles. The molecule has 2 aliphatic heterocycles. The summed E-state index contributed by atoms with van der Waals surface area (Å²) >= 11 is 0. The Morgan fingerprint density at radius 1 is 0.951 bits per heavy atom. The van der Waals surface area contributed by atoms with E-state index in [4.69, 9.17) is 9.47 Å². The van der Waals surface area contributed by atoms with Crippen LogP contribution in [0.5, 0.6) is 5.75 Å². The molecule has 0 unspecified atom stereocenters. The SMILES string of the molecule is O=C(C[C@@H]1C[C@@H]2c3cc(NC(=O)Nc4ccc(C(F)(F)F)cc4)ccc3O[C@@H]2[C@H](CO)O1)NCCc1ccccc1. The van der Waals surface area contributed by atoms with Gasteiger partial charge in [-0.1, -0.05) is 30.3 Å². The second-order valence-corrected chi connectivity index (χ2v) is 10.1. The number of ether oxygens (including phenoxy) is 2. The summed E-state index contributed by atoms with van der Waals surface area (Å²) in [6, 6.07) is 18.5. The van der Waals surface area contributed by atoms with Gasteiger partial charge in [0.15, 0.2) is 0 Å². The van der Waals surface area contributed by atoms with E-state index in [9.17, 15) is 27.9 Å². The number of hydrogen-bond acceptors (Lipinski definition) is 5. The molecule has 11 heteroatoms. The van der Waals surface area contributed by atoms with Crippen LogP contribution < -0.4 is 20.7 Å². The molecule has 0 spiro atoms. The number of carbonyl (C=O) groups excluding carboxylic acids is 2. The predicted molar refractivity (Wildman–Crippen MR) is 146 cm³/mol. The first kappa shape index (κ1) is 28.4. The van der Waals surface area contributed by atoms with Gasteiger partial charge in [-0.2, -0.15) is 13.2 Å². The lowest BCUT2D eigenvalue weighted by Gasteiger charge is -2.37. The molecule has 0 saturated carbocycles. The fourth-order valence-electron chi connectivity index (χ4n) is 5.27. The number of benzene rings is 3. The number of aliphatic hydroxyl groups excluding tert-OH is 1. The maximum Gasteiger partial charge on any atom is 0.416 e. The van der Waals surface area contributed by atoms with Crippen LogP contribution in [0.4, 0.5) is 29.3 Å². The maximum atomic E-state index is 12.8. The highest BCUT2D eigenvalue weighted by Gasteiger charge is 2.46. The van der Waals surface area contributed by atoms with Crippen molar-refractivity contribution in [1.29, 1.82) is 0 Å². The summed E-state index contributed by atoms with van der Waals surface area (Å²) in [7, 11) is 0. The molecule has 0 aliphatic carbocycles. The van der Waals surface area contributed by atoms with E-state index in [1.807, 2.05) is 30.3 Å². The second-order valence-electron chi connectivity index (χ2n) is 10.1. The zero-order chi connectivity index (χ0) is 29.0. The van der Waals surface area contributed by atoms with E-state index in [0.29, 0.717) is 30.8 Å². The minimum Gasteiger partial charge on any atom is -0.487 e. The first-order chi connectivity index (χ1) is 19.7. The molecule has 5 rings (SSSR count). The summed E-state index contributed by atoms with van der Waals surface area (Å²) < 4.78 is 50.5. The zero-order valence-corrected chi connectivity index (χ0v) is 22.0. The van der Waals surface area contributed by atoms with Gasteiger partial charge in [0, 0.05) is 29.4 Å². The van der Waals surface area contributed by atoms with Crippen molar-refractivity contribution in [2.45, 2.75) is 49.7 Å². The number of carbonyl (C=O) groups is 2. The Balaban J connectivity index is 1.19. The quantitative estimate of drug-likeness (QED) is 0.302. The molecular formula is C30H30F3N3O5. The molecule has 3 aromatic carbocycles. The predicted octanol–water partition coefficient (Wildman–Crippen LogP) is 5.09. The summed E-state index contributed by atoms with van der Waals surface area (Å²) in [4.78, 5) is 25.2. The van der Waals surface area contributed by atoms with E-state index in [2.05, 4.69) is 16.0 Å². The van der Waals surface area contributed by atoms with Crippen LogP contribution in [-0.2, 0) is 22.1 Å². The lowest BCUT2D eigenvalue weighted by molar-refractivity contribution is -0.142. The van der Waals surface area contributed by atoms with Gasteiger partial charge in [0.2, 0.25) is 5.91 Å². The minimum atomic E-state index is -4.46. The molecule has 4 N–H and O–H groups in total. The molecule has 2 aliphatic rings. The van der Waals surface area contributed by atoms with Gasteiger partial charge in [-0.25, -0.2) is 4.79 Å². The van der Waals surface area contributed by atoms with Gasteiger partial charge in [-0.3, -0.25) is 4.79 Å². The van der Waals surface area contributed by atoms with Crippen LogP contribution in [0.25, 0.3) is 0 Å². The molecule has 2 heterocycles. The average molecular weight is 570 g/mol. The average Bonchev–Trinajstić information content (AvgIpc) is 3.31. The second kappa shape index (κ2) is 12.2. The van der Waals surface area contributed by atoms with E-state index in [1.54, 1.807) is 18.2 Å². The number of hydrogen-bond donors (Lipinski definition) is 4. The summed E-state index contributed by atoms with van der Waals surface area (Å²) in [6.07, 6.45) is -4.62. The van der Waals surface area contributed by atoms with Gasteiger partial charge in [0.25, 0.3) is 0 Å². The molecule has 0 radical (unpaired) electrons. The number of amides is 3. The third kappa shape index (κ3) is 6.98. The molecule has 41 heavy (non-hydrogen) atoms. The van der Waals surface area contributed by atoms with Gasteiger partial charge in [-0.05, 0) is 60.9 Å². The third-order valence-electron chi connectivity index (χ3n) is 7.22. The highest BCUT2D eigenvalue weighted by atomic mass is 19.4. The Kier molecular flexibility index (Phi) is 8.46. The summed E-state index contributed by atoms with van der Waals surface area (Å²) in [5.41, 5.74) is 1.80. The highest BCUT2D eigenvalue weighted by Crippen LogP contribution is 2.47. The van der Waals surface area contributed by atoms with Crippen molar-refractivity contribution in [3.05, 3.63) is 89.5 Å². The molecule has 1 fully saturated rings. The topological polar surface area (TPSA) is 109 Å². The maximum absolute atomic E-state index is 12.8. The summed E-state index contributed by atoms with van der Waals surface area (Å²) in [5, 5.41) is 18.1. The molecule has 216 valence electrons. The van der Waals surface area contributed by atoms with E-state index in [-0.39, 0.29) is 30.5 Å². The van der Waals surface area contributed by atoms with Crippen molar-refractivity contribution < 1.29 is 37.3 Å². The number of urea groups is 1. The summed E-state index contributed by atoms with van der Waals surface area (Å²) in [6.45, 7) is 0.225. The van der Waals surface area contributed by atoms with Gasteiger partial charge < -0.3 is 30.5 Å². The van der Waals surface area contributed by atoms with Crippen molar-refractivity contribution in [2.75, 3.05) is 23.8 Å². The van der Waals surface area contributed by atoms with Gasteiger partial charge in [0.05, 0.1) is 24.7 Å². The van der Waals surface area contributed by atoms with E-state index in [1.165, 1.54) is 12.1 Å². The number of nitrogens with one attached hydrogen (secondary N) is 3. The van der Waals surface area contributed by atoms with Crippen LogP contribution in [0.15, 0.2) is 72.8 Å². The first-order valence-electron chi connectivity index (χ1n) is 13.3. The Morgan fingerprint density at radius 3 is 2.37 bits per heavy atom. The molecule has 8 nitrogen and oxygen atoms in total. The minimum absolute atomic E-state index is 0.136. The molecular weight excluding hydrogens is 539 g/mol. The standard InChI is InChI=1S/C30H30F3N3O5/c31-30(32,33)19-6-8-20(9-7-19)35-29(39)36-21-10-11-25-23(14-21)24-15-22(40-26(17-37)28(24)41-25)16-27(38)34-13-12-18-4-2-1-3-5-18/h1-11,14,22,24,26,28,37H,12-13,15-17H2,(H,34,38)(H2,35,36,39)/t22-,24+,26-,28-/m0/s1. The van der Waals surface area contributed by atoms with E-state index in [0.717, 1.165) is 23.3 Å². The molecule has 4 atom stereocenters. The van der Waals surface area contributed by atoms with E-state index >= 15 is 0 Å². The zero-order valence-electron chi connectivity index (χ0n) is 22.0. The summed E-state index contributed by atoms with van der Waals surface area (Å²) in [5.74, 6) is 0.289. The van der Waals surface area contributed by atoms with Crippen molar-refractivity contribution in [3.8, 4) is 5.75 Å². The van der Waals surface area contributed by atoms with Crippen LogP contribution in [0, 0.1) is 0 Å². The lowest BCUT2D eigenvalue weighted by Crippen LogP contribution is -2.47. The van der Waals surface area contributed by atoms with E-state index < -0.39 is 36.1 Å². The van der Waals surface area contributed by atoms with Gasteiger partial charge >= 0.3 is 12.2 Å². The smallest absolute Gasteiger partial charge is 0.416 e. The third-order valence-corrected chi connectivity index (χ3v) is 7.22. The lowest BCUT2D eigenvalue weighted by atomic mass is 9.84. The molecule has 3 amide bonds. The Morgan fingerprint density at radius 2 is 1.66 bits per heavy atom. The van der Waals surface area contributed by atoms with Crippen molar-refractivity contribution in [3.63, 3.8) is 0 Å². The monoisotopic (exact) mass is 569 g/mol. The van der Waals surface area contributed by atoms with Crippen molar-refractivity contribution in [1.82, 2.24) is 5.32 Å². The van der Waals surface area contributed by atoms with Gasteiger partial charge in [-0.15, -0.1) is 0 Å². The van der Waals surface area contributed by atoms with Crippen LogP contribution in [0.2, 0.25) is 0 Å². The number of alkyl halides is 3. The highest BCUT2D eigenvalue weighted by molar-refractivity contribution is 5.99. The Bertz CT molecular complexity index is 1370. The molecule has 3 aromatic rings. The molecule has 0 bridgehead atoms. The normalized spacial score (nSPS) is 21.3.